The van der Waals surface area contributed by atoms with Crippen LogP contribution in [0.2, 0.25) is 5.02 Å². The zero-order chi connectivity index (χ0) is 14.0. The Morgan fingerprint density at radius 2 is 1.79 bits per heavy atom. The molecule has 0 aromatic heterocycles. The van der Waals surface area contributed by atoms with Crippen LogP contribution in [0.3, 0.4) is 0 Å². The number of hydrogen-bond acceptors (Lipinski definition) is 2. The van der Waals surface area contributed by atoms with E-state index in [0.29, 0.717) is 10.6 Å². The maximum Gasteiger partial charge on any atom is 0.159 e. The predicted octanol–water partition coefficient (Wildman–Crippen LogP) is 4.45. The second-order valence-electron chi connectivity index (χ2n) is 4.26. The Morgan fingerprint density at radius 1 is 1.16 bits per heavy atom. The van der Waals surface area contributed by atoms with Crippen molar-refractivity contribution in [2.24, 2.45) is 0 Å². The van der Waals surface area contributed by atoms with Crippen LogP contribution in [0.5, 0.6) is 0 Å². The van der Waals surface area contributed by atoms with E-state index >= 15 is 0 Å². The molecule has 0 amide bonds. The van der Waals surface area contributed by atoms with Gasteiger partial charge in [0.05, 0.1) is 10.7 Å². The largest absolute Gasteiger partial charge is 0.343 e. The number of hydrogen-bond donors (Lipinski definition) is 0. The molecular formula is C15H13ClFNO. The van der Waals surface area contributed by atoms with Crippen molar-refractivity contribution in [1.29, 1.82) is 0 Å². The molecule has 0 radical (unpaired) electrons. The maximum atomic E-state index is 12.9. The molecule has 0 aliphatic rings. The van der Waals surface area contributed by atoms with Crippen molar-refractivity contribution in [1.82, 2.24) is 0 Å². The van der Waals surface area contributed by atoms with E-state index in [0.717, 1.165) is 11.4 Å². The lowest BCUT2D eigenvalue weighted by molar-refractivity contribution is 0.101. The Kier molecular flexibility index (Phi) is 3.86. The molecule has 0 N–H and O–H groups in total. The molecule has 2 nitrogen and oxygen atoms in total. The molecule has 0 spiro atoms. The van der Waals surface area contributed by atoms with Crippen molar-refractivity contribution in [3.05, 3.63) is 58.9 Å². The third-order valence-corrected chi connectivity index (χ3v) is 3.23. The minimum atomic E-state index is -0.282. The second-order valence-corrected chi connectivity index (χ2v) is 4.67. The highest BCUT2D eigenvalue weighted by Gasteiger charge is 2.10. The van der Waals surface area contributed by atoms with Gasteiger partial charge >= 0.3 is 0 Å². The van der Waals surface area contributed by atoms with E-state index in [-0.39, 0.29) is 11.6 Å². The molecule has 0 aliphatic carbocycles. The zero-order valence-corrected chi connectivity index (χ0v) is 11.4. The van der Waals surface area contributed by atoms with Gasteiger partial charge in [0.2, 0.25) is 0 Å². The van der Waals surface area contributed by atoms with E-state index in [9.17, 15) is 9.18 Å². The second kappa shape index (κ2) is 5.41. The van der Waals surface area contributed by atoms with Gasteiger partial charge in [0.15, 0.2) is 5.78 Å². The fourth-order valence-corrected chi connectivity index (χ4v) is 2.11. The fraction of sp³-hybridized carbons (Fsp3) is 0.133. The van der Waals surface area contributed by atoms with Gasteiger partial charge in [-0.1, -0.05) is 11.6 Å². The van der Waals surface area contributed by atoms with Gasteiger partial charge in [-0.15, -0.1) is 0 Å². The lowest BCUT2D eigenvalue weighted by Crippen LogP contribution is -2.10. The van der Waals surface area contributed by atoms with Crippen molar-refractivity contribution < 1.29 is 9.18 Å². The lowest BCUT2D eigenvalue weighted by atomic mass is 10.1. The maximum absolute atomic E-state index is 12.9. The molecule has 0 saturated heterocycles. The number of anilines is 2. The average Bonchev–Trinajstić information content (AvgIpc) is 2.38. The van der Waals surface area contributed by atoms with Crippen LogP contribution in [0.1, 0.15) is 17.3 Å². The Balaban J connectivity index is 2.36. The summed E-state index contributed by atoms with van der Waals surface area (Å²) in [7, 11) is 1.84. The van der Waals surface area contributed by atoms with Crippen molar-refractivity contribution in [3.63, 3.8) is 0 Å². The number of ketones is 1. The number of rotatable bonds is 3. The summed E-state index contributed by atoms with van der Waals surface area (Å²) >= 11 is 6.18. The lowest BCUT2D eigenvalue weighted by Gasteiger charge is -2.21. The van der Waals surface area contributed by atoms with Gasteiger partial charge in [-0.3, -0.25) is 4.79 Å². The number of Topliss-reactive ketones (excluding diaryl/α,β-unsaturated/α-hetero) is 1. The molecule has 0 heterocycles. The average molecular weight is 278 g/mol. The highest BCUT2D eigenvalue weighted by atomic mass is 35.5. The topological polar surface area (TPSA) is 20.3 Å². The van der Waals surface area contributed by atoms with Gasteiger partial charge < -0.3 is 4.90 Å². The van der Waals surface area contributed by atoms with Crippen LogP contribution in [-0.2, 0) is 0 Å². The van der Waals surface area contributed by atoms with Crippen LogP contribution in [0, 0.1) is 5.82 Å². The third-order valence-electron chi connectivity index (χ3n) is 2.93. The van der Waals surface area contributed by atoms with E-state index in [4.69, 9.17) is 11.6 Å². The number of carbonyl (C=O) groups is 1. The highest BCUT2D eigenvalue weighted by molar-refractivity contribution is 6.33. The highest BCUT2D eigenvalue weighted by Crippen LogP contribution is 2.31. The van der Waals surface area contributed by atoms with Crippen LogP contribution in [0.15, 0.2) is 42.5 Å². The van der Waals surface area contributed by atoms with Gasteiger partial charge in [-0.05, 0) is 49.4 Å². The minimum Gasteiger partial charge on any atom is -0.343 e. The van der Waals surface area contributed by atoms with Crippen molar-refractivity contribution in [3.8, 4) is 0 Å². The molecule has 0 aliphatic heterocycles. The number of halogens is 2. The third kappa shape index (κ3) is 2.93. The molecule has 2 rings (SSSR count). The molecule has 0 saturated carbocycles. The minimum absolute atomic E-state index is 0.0297. The van der Waals surface area contributed by atoms with Crippen molar-refractivity contribution >= 4 is 28.8 Å². The molecule has 0 fully saturated rings. The first-order valence-electron chi connectivity index (χ1n) is 5.79. The summed E-state index contributed by atoms with van der Waals surface area (Å²) in [5.74, 6) is -0.312. The van der Waals surface area contributed by atoms with Crippen molar-refractivity contribution in [2.75, 3.05) is 11.9 Å². The first-order valence-corrected chi connectivity index (χ1v) is 6.16. The Labute approximate surface area is 116 Å². The van der Waals surface area contributed by atoms with Crippen LogP contribution >= 0.6 is 11.6 Å². The smallest absolute Gasteiger partial charge is 0.159 e. The van der Waals surface area contributed by atoms with Gasteiger partial charge in [0.1, 0.15) is 5.82 Å². The number of benzene rings is 2. The summed E-state index contributed by atoms with van der Waals surface area (Å²) in [6.07, 6.45) is 0. The molecule has 0 atom stereocenters. The van der Waals surface area contributed by atoms with Gasteiger partial charge in [-0.2, -0.15) is 0 Å². The van der Waals surface area contributed by atoms with Gasteiger partial charge in [0.25, 0.3) is 0 Å². The van der Waals surface area contributed by atoms with Gasteiger partial charge in [0, 0.05) is 18.3 Å². The molecule has 19 heavy (non-hydrogen) atoms. The summed E-state index contributed by atoms with van der Waals surface area (Å²) in [6, 6.07) is 11.3. The predicted molar refractivity (Wildman–Crippen MR) is 75.9 cm³/mol. The van der Waals surface area contributed by atoms with Crippen molar-refractivity contribution in [2.45, 2.75) is 6.92 Å². The van der Waals surface area contributed by atoms with E-state index in [1.165, 1.54) is 19.1 Å². The summed E-state index contributed by atoms with van der Waals surface area (Å²) in [4.78, 5) is 13.1. The quantitative estimate of drug-likeness (QED) is 0.773. The van der Waals surface area contributed by atoms with Crippen LogP contribution in [0.25, 0.3) is 0 Å². The van der Waals surface area contributed by atoms with E-state index in [1.54, 1.807) is 30.3 Å². The first kappa shape index (κ1) is 13.6. The number of nitrogens with zero attached hydrogens (tertiary/aromatic N) is 1. The molecule has 4 heteroatoms. The Hall–Kier alpha value is -1.87. The fourth-order valence-electron chi connectivity index (χ4n) is 1.80. The number of carbonyl (C=O) groups excluding carboxylic acids is 1. The van der Waals surface area contributed by atoms with Crippen LogP contribution in [-0.4, -0.2) is 12.8 Å². The Morgan fingerprint density at radius 3 is 2.32 bits per heavy atom. The summed E-state index contributed by atoms with van der Waals surface area (Å²) < 4.78 is 12.9. The van der Waals surface area contributed by atoms with Gasteiger partial charge in [-0.25, -0.2) is 4.39 Å². The molecular weight excluding hydrogens is 265 g/mol. The molecule has 2 aromatic rings. The molecule has 0 bridgehead atoms. The summed E-state index contributed by atoms with van der Waals surface area (Å²) in [5.41, 5.74) is 2.15. The van der Waals surface area contributed by atoms with E-state index in [2.05, 4.69) is 0 Å². The molecule has 0 unspecified atom stereocenters. The summed E-state index contributed by atoms with van der Waals surface area (Å²) in [5, 5.41) is 0.486. The summed E-state index contributed by atoms with van der Waals surface area (Å²) in [6.45, 7) is 1.50. The van der Waals surface area contributed by atoms with Crippen LogP contribution < -0.4 is 4.90 Å². The molecule has 2 aromatic carbocycles. The van der Waals surface area contributed by atoms with E-state index in [1.807, 2.05) is 11.9 Å². The van der Waals surface area contributed by atoms with E-state index < -0.39 is 0 Å². The Bertz CT molecular complexity index is 610. The SMILES string of the molecule is CC(=O)c1ccc(N(C)c2ccc(F)cc2)c(Cl)c1. The van der Waals surface area contributed by atoms with Crippen LogP contribution in [0.4, 0.5) is 15.8 Å². The monoisotopic (exact) mass is 277 g/mol. The first-order chi connectivity index (χ1) is 8.99. The zero-order valence-electron chi connectivity index (χ0n) is 10.7. The molecule has 98 valence electrons. The standard InChI is InChI=1S/C15H13ClFNO/c1-10(19)11-3-8-15(14(16)9-11)18(2)13-6-4-12(17)5-7-13/h3-9H,1-2H3. The normalized spacial score (nSPS) is 10.3.